The maximum atomic E-state index is 11.9. The lowest BCUT2D eigenvalue weighted by Gasteiger charge is -2.11. The zero-order valence-corrected chi connectivity index (χ0v) is 14.8. The topological polar surface area (TPSA) is 85.4 Å². The first-order chi connectivity index (χ1) is 12.1. The van der Waals surface area contributed by atoms with Crippen molar-refractivity contribution in [1.29, 1.82) is 0 Å². The van der Waals surface area contributed by atoms with Gasteiger partial charge < -0.3 is 20.1 Å². The number of carbonyl (C=O) groups is 1. The van der Waals surface area contributed by atoms with E-state index in [1.165, 1.54) is 12.4 Å². The minimum absolute atomic E-state index is 0.125. The molecule has 0 radical (unpaired) electrons. The Kier molecular flexibility index (Phi) is 7.00. The number of anilines is 1. The molecular formula is C18H24N4O3. The lowest BCUT2D eigenvalue weighted by atomic mass is 10.2. The highest BCUT2D eigenvalue weighted by atomic mass is 16.5. The zero-order chi connectivity index (χ0) is 18.1. The fourth-order valence-corrected chi connectivity index (χ4v) is 1.95. The largest absolute Gasteiger partial charge is 0.497 e. The average Bonchev–Trinajstić information content (AvgIpc) is 2.66. The van der Waals surface area contributed by atoms with E-state index < -0.39 is 0 Å². The van der Waals surface area contributed by atoms with Crippen LogP contribution in [0.25, 0.3) is 0 Å². The third kappa shape index (κ3) is 5.95. The van der Waals surface area contributed by atoms with Gasteiger partial charge in [0.05, 0.1) is 19.2 Å². The Labute approximate surface area is 147 Å². The van der Waals surface area contributed by atoms with Crippen molar-refractivity contribution < 1.29 is 14.3 Å². The number of rotatable bonds is 9. The number of carbonyl (C=O) groups excluding carboxylic acids is 1. The van der Waals surface area contributed by atoms with Crippen molar-refractivity contribution in [3.05, 3.63) is 42.2 Å². The van der Waals surface area contributed by atoms with Crippen molar-refractivity contribution in [3.63, 3.8) is 0 Å². The molecule has 1 atom stereocenters. The van der Waals surface area contributed by atoms with Crippen LogP contribution in [-0.4, -0.2) is 42.2 Å². The van der Waals surface area contributed by atoms with Crippen molar-refractivity contribution in [2.75, 3.05) is 25.6 Å². The molecule has 1 unspecified atom stereocenters. The van der Waals surface area contributed by atoms with Gasteiger partial charge >= 0.3 is 0 Å². The minimum Gasteiger partial charge on any atom is -0.497 e. The van der Waals surface area contributed by atoms with Crippen molar-refractivity contribution in [2.24, 2.45) is 0 Å². The van der Waals surface area contributed by atoms with Gasteiger partial charge in [-0.15, -0.1) is 0 Å². The second kappa shape index (κ2) is 9.46. The number of nitrogens with zero attached hydrogens (tertiary/aromatic N) is 2. The molecule has 7 heteroatoms. The number of amides is 1. The van der Waals surface area contributed by atoms with Gasteiger partial charge in [-0.1, -0.05) is 6.92 Å². The maximum Gasteiger partial charge on any atom is 0.254 e. The Morgan fingerprint density at radius 1 is 1.16 bits per heavy atom. The van der Waals surface area contributed by atoms with Gasteiger partial charge in [-0.05, 0) is 37.6 Å². The van der Waals surface area contributed by atoms with Crippen LogP contribution in [0.3, 0.4) is 0 Å². The number of nitrogens with one attached hydrogen (secondary N) is 2. The van der Waals surface area contributed by atoms with E-state index in [2.05, 4.69) is 20.6 Å². The van der Waals surface area contributed by atoms with E-state index in [1.54, 1.807) is 7.11 Å². The van der Waals surface area contributed by atoms with Crippen LogP contribution in [0.4, 0.5) is 5.95 Å². The highest BCUT2D eigenvalue weighted by Gasteiger charge is 2.09. The SMILES string of the molecule is CCC(C)NC(=O)c1cnc(NCCOc2ccc(OC)cc2)nc1. The zero-order valence-electron chi connectivity index (χ0n) is 14.8. The van der Waals surface area contributed by atoms with Gasteiger partial charge in [-0.3, -0.25) is 4.79 Å². The lowest BCUT2D eigenvalue weighted by Crippen LogP contribution is -2.32. The summed E-state index contributed by atoms with van der Waals surface area (Å²) in [5.41, 5.74) is 0.445. The molecule has 7 nitrogen and oxygen atoms in total. The number of methoxy groups -OCH3 is 1. The van der Waals surface area contributed by atoms with E-state index in [1.807, 2.05) is 38.1 Å². The second-order valence-corrected chi connectivity index (χ2v) is 5.53. The van der Waals surface area contributed by atoms with E-state index in [0.717, 1.165) is 17.9 Å². The van der Waals surface area contributed by atoms with Gasteiger partial charge in [0, 0.05) is 18.4 Å². The van der Waals surface area contributed by atoms with Gasteiger partial charge in [0.25, 0.3) is 5.91 Å². The van der Waals surface area contributed by atoms with Crippen molar-refractivity contribution in [2.45, 2.75) is 26.3 Å². The van der Waals surface area contributed by atoms with Crippen molar-refractivity contribution in [1.82, 2.24) is 15.3 Å². The summed E-state index contributed by atoms with van der Waals surface area (Å²) in [6, 6.07) is 7.50. The first kappa shape index (κ1) is 18.5. The average molecular weight is 344 g/mol. The molecule has 2 N–H and O–H groups in total. The molecule has 1 aromatic carbocycles. The number of benzene rings is 1. The normalized spacial score (nSPS) is 11.5. The van der Waals surface area contributed by atoms with E-state index in [-0.39, 0.29) is 11.9 Å². The molecule has 2 aromatic rings. The van der Waals surface area contributed by atoms with Crippen LogP contribution in [0.15, 0.2) is 36.7 Å². The molecule has 0 fully saturated rings. The van der Waals surface area contributed by atoms with Gasteiger partial charge in [-0.2, -0.15) is 0 Å². The summed E-state index contributed by atoms with van der Waals surface area (Å²) in [4.78, 5) is 20.2. The van der Waals surface area contributed by atoms with Crippen LogP contribution in [0.1, 0.15) is 30.6 Å². The Morgan fingerprint density at radius 3 is 2.40 bits per heavy atom. The summed E-state index contributed by atoms with van der Waals surface area (Å²) >= 11 is 0. The molecule has 0 saturated heterocycles. The predicted molar refractivity (Wildman–Crippen MR) is 96.2 cm³/mol. The summed E-state index contributed by atoms with van der Waals surface area (Å²) in [5.74, 6) is 1.85. The summed E-state index contributed by atoms with van der Waals surface area (Å²) in [6.07, 6.45) is 3.90. The third-order valence-electron chi connectivity index (χ3n) is 3.62. The summed E-state index contributed by atoms with van der Waals surface area (Å²) in [7, 11) is 1.62. The maximum absolute atomic E-state index is 11.9. The van der Waals surface area contributed by atoms with E-state index in [9.17, 15) is 4.79 Å². The molecule has 2 rings (SSSR count). The molecule has 0 aliphatic rings. The highest BCUT2D eigenvalue weighted by molar-refractivity contribution is 5.93. The van der Waals surface area contributed by atoms with Crippen LogP contribution in [0.2, 0.25) is 0 Å². The predicted octanol–water partition coefficient (Wildman–Crippen LogP) is 2.50. The Morgan fingerprint density at radius 2 is 1.80 bits per heavy atom. The first-order valence-corrected chi connectivity index (χ1v) is 8.26. The molecule has 0 spiro atoms. The fourth-order valence-electron chi connectivity index (χ4n) is 1.95. The van der Waals surface area contributed by atoms with Crippen LogP contribution in [0.5, 0.6) is 11.5 Å². The number of hydrogen-bond donors (Lipinski definition) is 2. The monoisotopic (exact) mass is 344 g/mol. The molecule has 0 bridgehead atoms. The summed E-state index contributed by atoms with van der Waals surface area (Å²) in [6.45, 7) is 4.98. The minimum atomic E-state index is -0.163. The molecule has 1 aromatic heterocycles. The van der Waals surface area contributed by atoms with Crippen LogP contribution in [0, 0.1) is 0 Å². The molecule has 0 aliphatic heterocycles. The fraction of sp³-hybridized carbons (Fsp3) is 0.389. The molecule has 0 saturated carbocycles. The van der Waals surface area contributed by atoms with Gasteiger partial charge in [-0.25, -0.2) is 9.97 Å². The van der Waals surface area contributed by atoms with Crippen molar-refractivity contribution in [3.8, 4) is 11.5 Å². The van der Waals surface area contributed by atoms with Crippen molar-refractivity contribution >= 4 is 11.9 Å². The number of aromatic nitrogens is 2. The lowest BCUT2D eigenvalue weighted by molar-refractivity contribution is 0.0938. The Balaban J connectivity index is 1.74. The molecule has 1 heterocycles. The van der Waals surface area contributed by atoms with E-state index in [4.69, 9.17) is 9.47 Å². The quantitative estimate of drug-likeness (QED) is 0.680. The van der Waals surface area contributed by atoms with Crippen LogP contribution >= 0.6 is 0 Å². The number of ether oxygens (including phenoxy) is 2. The Bertz CT molecular complexity index is 659. The third-order valence-corrected chi connectivity index (χ3v) is 3.62. The first-order valence-electron chi connectivity index (χ1n) is 8.26. The van der Waals surface area contributed by atoms with Gasteiger partial charge in [0.15, 0.2) is 0 Å². The van der Waals surface area contributed by atoms with Crippen LogP contribution in [-0.2, 0) is 0 Å². The molecular weight excluding hydrogens is 320 g/mol. The molecule has 1 amide bonds. The van der Waals surface area contributed by atoms with E-state index >= 15 is 0 Å². The van der Waals surface area contributed by atoms with Crippen LogP contribution < -0.4 is 20.1 Å². The van der Waals surface area contributed by atoms with E-state index in [0.29, 0.717) is 24.7 Å². The summed E-state index contributed by atoms with van der Waals surface area (Å²) < 4.78 is 10.7. The molecule has 134 valence electrons. The molecule has 25 heavy (non-hydrogen) atoms. The summed E-state index contributed by atoms with van der Waals surface area (Å²) in [5, 5.41) is 5.93. The van der Waals surface area contributed by atoms with Gasteiger partial charge in [0.2, 0.25) is 5.95 Å². The molecule has 0 aliphatic carbocycles. The van der Waals surface area contributed by atoms with Gasteiger partial charge in [0.1, 0.15) is 18.1 Å². The number of hydrogen-bond acceptors (Lipinski definition) is 6. The smallest absolute Gasteiger partial charge is 0.254 e. The standard InChI is InChI=1S/C18H24N4O3/c1-4-13(2)22-17(23)14-11-20-18(21-12-14)19-9-10-25-16-7-5-15(24-3)6-8-16/h5-8,11-13H,4,9-10H2,1-3H3,(H,22,23)(H,19,20,21). The highest BCUT2D eigenvalue weighted by Crippen LogP contribution is 2.16. The second-order valence-electron chi connectivity index (χ2n) is 5.53. The Hall–Kier alpha value is -2.83.